The monoisotopic (exact) mass is 102 g/mol. The molecule has 0 aromatic rings. The van der Waals surface area contributed by atoms with Crippen LogP contribution >= 0.6 is 0 Å². The van der Waals surface area contributed by atoms with Gasteiger partial charge in [0, 0.05) is 5.71 Å². The lowest BCUT2D eigenvalue weighted by Crippen LogP contribution is -2.07. The Balaban J connectivity index is 3.08. The van der Waals surface area contributed by atoms with Crippen LogP contribution in [0.25, 0.3) is 0 Å². The first-order chi connectivity index (χ1) is 3.27. The van der Waals surface area contributed by atoms with E-state index in [1.54, 1.807) is 0 Å². The van der Waals surface area contributed by atoms with Crippen LogP contribution in [0.5, 0.6) is 0 Å². The highest BCUT2D eigenvalue weighted by molar-refractivity contribution is 5.78. The van der Waals surface area contributed by atoms with Gasteiger partial charge in [0.2, 0.25) is 0 Å². The number of hydrogen-bond acceptors (Lipinski definition) is 3. The molecule has 0 saturated heterocycles. The number of aliphatic hydroxyl groups excluding tert-OH is 1. The molecule has 0 bridgehead atoms. The van der Waals surface area contributed by atoms with Gasteiger partial charge >= 0.3 is 0 Å². The number of aliphatic hydroxyl groups is 1. The Bertz CT molecular complexity index is 66.1. The van der Waals surface area contributed by atoms with Gasteiger partial charge in [0.25, 0.3) is 0 Å². The molecule has 0 atom stereocenters. The highest BCUT2D eigenvalue weighted by Gasteiger charge is 1.71. The first kappa shape index (κ1) is 6.43. The first-order valence-electron chi connectivity index (χ1n) is 2.12. The Hall–Kier alpha value is -0.570. The minimum absolute atomic E-state index is 0.0921. The number of rotatable bonds is 2. The molecule has 7 heavy (non-hydrogen) atoms. The average molecular weight is 102 g/mol. The van der Waals surface area contributed by atoms with Gasteiger partial charge in [-0.2, -0.15) is 5.10 Å². The minimum Gasteiger partial charge on any atom is -0.375 e. The van der Waals surface area contributed by atoms with E-state index in [9.17, 15) is 0 Å². The largest absolute Gasteiger partial charge is 0.375 e. The summed E-state index contributed by atoms with van der Waals surface area (Å²) in [7, 11) is 0. The summed E-state index contributed by atoms with van der Waals surface area (Å²) in [6, 6.07) is 0. The maximum atomic E-state index is 8.10. The summed E-state index contributed by atoms with van der Waals surface area (Å²) in [4.78, 5) is 0. The highest BCUT2D eigenvalue weighted by atomic mass is 16.3. The van der Waals surface area contributed by atoms with Gasteiger partial charge in [-0.1, -0.05) is 0 Å². The second-order valence-electron chi connectivity index (χ2n) is 1.38. The fourth-order valence-electron chi connectivity index (χ4n) is 0.193. The molecule has 2 N–H and O–H groups in total. The van der Waals surface area contributed by atoms with Crippen molar-refractivity contribution < 1.29 is 5.11 Å². The lowest BCUT2D eigenvalue weighted by Gasteiger charge is -1.90. The summed E-state index contributed by atoms with van der Waals surface area (Å²) in [5.41, 5.74) is 3.30. The van der Waals surface area contributed by atoms with Crippen LogP contribution in [-0.2, 0) is 0 Å². The Morgan fingerprint density at radius 3 is 2.43 bits per heavy atom. The van der Waals surface area contributed by atoms with Crippen molar-refractivity contribution in [3.8, 4) is 0 Å². The van der Waals surface area contributed by atoms with Crippen molar-refractivity contribution in [2.75, 3.05) is 6.73 Å². The zero-order chi connectivity index (χ0) is 5.70. The van der Waals surface area contributed by atoms with E-state index in [1.807, 2.05) is 13.8 Å². The van der Waals surface area contributed by atoms with E-state index in [0.717, 1.165) is 5.71 Å². The molecule has 0 heterocycles. The maximum absolute atomic E-state index is 8.10. The standard InChI is InChI=1S/C4H10N2O/c1-4(2)6-5-3-7/h5,7H,3H2,1-2H3. The molecule has 0 aromatic carbocycles. The van der Waals surface area contributed by atoms with Crippen LogP contribution in [0.4, 0.5) is 0 Å². The van der Waals surface area contributed by atoms with E-state index in [4.69, 9.17) is 5.11 Å². The fraction of sp³-hybridized carbons (Fsp3) is 0.750. The lowest BCUT2D eigenvalue weighted by molar-refractivity contribution is 0.264. The summed E-state index contributed by atoms with van der Waals surface area (Å²) < 4.78 is 0. The summed E-state index contributed by atoms with van der Waals surface area (Å²) in [5, 5.41) is 11.8. The summed E-state index contributed by atoms with van der Waals surface area (Å²) in [6.45, 7) is 3.61. The number of nitrogens with zero attached hydrogens (tertiary/aromatic N) is 1. The van der Waals surface area contributed by atoms with Gasteiger partial charge in [-0.15, -0.1) is 0 Å². The molecule has 0 aliphatic heterocycles. The van der Waals surface area contributed by atoms with E-state index in [0.29, 0.717) is 0 Å². The molecule has 0 rings (SSSR count). The molecule has 0 saturated carbocycles. The zero-order valence-electron chi connectivity index (χ0n) is 4.60. The van der Waals surface area contributed by atoms with Crippen molar-refractivity contribution in [1.82, 2.24) is 5.43 Å². The molecular formula is C4H10N2O. The van der Waals surface area contributed by atoms with E-state index in [1.165, 1.54) is 0 Å². The molecule has 0 aliphatic rings. The third kappa shape index (κ3) is 5.43. The predicted molar refractivity (Wildman–Crippen MR) is 29.0 cm³/mol. The van der Waals surface area contributed by atoms with Gasteiger partial charge in [0.05, 0.1) is 0 Å². The second-order valence-corrected chi connectivity index (χ2v) is 1.38. The molecule has 0 radical (unpaired) electrons. The lowest BCUT2D eigenvalue weighted by atomic mass is 10.5. The van der Waals surface area contributed by atoms with Crippen molar-refractivity contribution in [1.29, 1.82) is 0 Å². The summed E-state index contributed by atoms with van der Waals surface area (Å²) in [5.74, 6) is 0. The van der Waals surface area contributed by atoms with Crippen LogP contribution in [0.1, 0.15) is 13.8 Å². The van der Waals surface area contributed by atoms with Gasteiger partial charge in [-0.3, -0.25) is 5.43 Å². The van der Waals surface area contributed by atoms with Crippen molar-refractivity contribution in [3.05, 3.63) is 0 Å². The Kier molecular flexibility index (Phi) is 3.32. The molecule has 0 aromatic heterocycles. The molecule has 42 valence electrons. The molecule has 3 nitrogen and oxygen atoms in total. The first-order valence-corrected chi connectivity index (χ1v) is 2.12. The van der Waals surface area contributed by atoms with Gasteiger partial charge in [-0.05, 0) is 13.8 Å². The summed E-state index contributed by atoms with van der Waals surface area (Å²) >= 11 is 0. The number of nitrogens with one attached hydrogen (secondary N) is 1. The quantitative estimate of drug-likeness (QED) is 0.291. The Morgan fingerprint density at radius 1 is 1.71 bits per heavy atom. The van der Waals surface area contributed by atoms with E-state index >= 15 is 0 Å². The number of hydrazone groups is 1. The van der Waals surface area contributed by atoms with Crippen LogP contribution in [-0.4, -0.2) is 17.5 Å². The molecule has 0 fully saturated rings. The summed E-state index contributed by atoms with van der Waals surface area (Å²) in [6.07, 6.45) is 0. The normalized spacial score (nSPS) is 7.86. The Morgan fingerprint density at radius 2 is 2.29 bits per heavy atom. The van der Waals surface area contributed by atoms with Crippen LogP contribution in [0.3, 0.4) is 0 Å². The predicted octanol–water partition coefficient (Wildman–Crippen LogP) is -0.0784. The van der Waals surface area contributed by atoms with Crippen molar-refractivity contribution in [3.63, 3.8) is 0 Å². The molecular weight excluding hydrogens is 92.1 g/mol. The highest BCUT2D eigenvalue weighted by Crippen LogP contribution is 1.65. The smallest absolute Gasteiger partial charge is 0.128 e. The van der Waals surface area contributed by atoms with Gasteiger partial charge in [-0.25, -0.2) is 0 Å². The molecule has 0 spiro atoms. The van der Waals surface area contributed by atoms with E-state index < -0.39 is 0 Å². The zero-order valence-corrected chi connectivity index (χ0v) is 4.60. The molecule has 0 aliphatic carbocycles. The minimum atomic E-state index is -0.0921. The van der Waals surface area contributed by atoms with E-state index in [-0.39, 0.29) is 6.73 Å². The van der Waals surface area contributed by atoms with Crippen LogP contribution < -0.4 is 5.43 Å². The van der Waals surface area contributed by atoms with Crippen molar-refractivity contribution in [2.45, 2.75) is 13.8 Å². The van der Waals surface area contributed by atoms with Crippen LogP contribution in [0, 0.1) is 0 Å². The third-order valence-electron chi connectivity index (χ3n) is 0.373. The Labute approximate surface area is 43.0 Å². The third-order valence-corrected chi connectivity index (χ3v) is 0.373. The van der Waals surface area contributed by atoms with Crippen LogP contribution in [0.15, 0.2) is 5.10 Å². The van der Waals surface area contributed by atoms with Gasteiger partial charge in [0.1, 0.15) is 6.73 Å². The average Bonchev–Trinajstić information content (AvgIpc) is 1.61. The SMILES string of the molecule is CC(C)=NNCO. The number of hydrogen-bond donors (Lipinski definition) is 2. The maximum Gasteiger partial charge on any atom is 0.128 e. The second kappa shape index (κ2) is 3.61. The topological polar surface area (TPSA) is 44.6 Å². The molecule has 0 amide bonds. The molecule has 3 heteroatoms. The van der Waals surface area contributed by atoms with Gasteiger partial charge < -0.3 is 5.11 Å². The fourth-order valence-corrected chi connectivity index (χ4v) is 0.193. The van der Waals surface area contributed by atoms with Gasteiger partial charge in [0.15, 0.2) is 0 Å². The van der Waals surface area contributed by atoms with E-state index in [2.05, 4.69) is 10.5 Å². The van der Waals surface area contributed by atoms with Crippen LogP contribution in [0.2, 0.25) is 0 Å². The van der Waals surface area contributed by atoms with Crippen molar-refractivity contribution in [2.24, 2.45) is 5.10 Å². The van der Waals surface area contributed by atoms with Crippen molar-refractivity contribution >= 4 is 5.71 Å². The molecule has 0 unspecified atom stereocenters.